The van der Waals surface area contributed by atoms with Crippen LogP contribution in [0, 0.1) is 0 Å². The van der Waals surface area contributed by atoms with Gasteiger partial charge >= 0.3 is 5.97 Å². The molecular weight excluding hydrogens is 418 g/mol. The summed E-state index contributed by atoms with van der Waals surface area (Å²) in [5.74, 6) is -2.39. The fraction of sp³-hybridized carbons (Fsp3) is 0.300. The number of carbonyl (C=O) groups excluding carboxylic acids is 3. The highest BCUT2D eigenvalue weighted by Crippen LogP contribution is 2.12. The number of hydrogen-bond acceptors (Lipinski definition) is 9. The predicted octanol–water partition coefficient (Wildman–Crippen LogP) is -0.202. The number of anilines is 1. The molecule has 32 heavy (non-hydrogen) atoms. The number of rotatable bonds is 9. The van der Waals surface area contributed by atoms with Crippen LogP contribution < -0.4 is 16.4 Å². The molecule has 12 heteroatoms. The van der Waals surface area contributed by atoms with Crippen LogP contribution in [-0.4, -0.2) is 71.0 Å². The Morgan fingerprint density at radius 1 is 1.19 bits per heavy atom. The van der Waals surface area contributed by atoms with Gasteiger partial charge in [0.05, 0.1) is 18.5 Å². The van der Waals surface area contributed by atoms with E-state index in [0.29, 0.717) is 11.4 Å². The molecule has 0 saturated heterocycles. The van der Waals surface area contributed by atoms with E-state index in [1.165, 1.54) is 25.3 Å². The van der Waals surface area contributed by atoms with Gasteiger partial charge in [0.15, 0.2) is 11.9 Å². The Hall–Kier alpha value is -4.22. The molecule has 166 valence electrons. The van der Waals surface area contributed by atoms with Crippen LogP contribution in [0.25, 0.3) is 0 Å². The number of fused-ring (bicyclic) bond motifs is 1. The second-order valence-corrected chi connectivity index (χ2v) is 7.10. The van der Waals surface area contributed by atoms with E-state index in [1.807, 2.05) is 0 Å². The maximum absolute atomic E-state index is 12.3. The molecule has 5 N–H and O–H groups in total. The Labute approximate surface area is 182 Å². The summed E-state index contributed by atoms with van der Waals surface area (Å²) < 4.78 is 0. The highest BCUT2D eigenvalue weighted by molar-refractivity contribution is 6.38. The van der Waals surface area contributed by atoms with E-state index in [2.05, 4.69) is 30.6 Å². The summed E-state index contributed by atoms with van der Waals surface area (Å²) in [5, 5.41) is 14.7. The average molecular weight is 439 g/mol. The quantitative estimate of drug-likeness (QED) is 0.410. The van der Waals surface area contributed by atoms with Gasteiger partial charge < -0.3 is 26.3 Å². The third-order valence-electron chi connectivity index (χ3n) is 4.58. The lowest BCUT2D eigenvalue weighted by Gasteiger charge is -2.18. The number of benzene rings is 1. The molecule has 0 spiro atoms. The van der Waals surface area contributed by atoms with Gasteiger partial charge in [-0.3, -0.25) is 14.6 Å². The van der Waals surface area contributed by atoms with Crippen molar-refractivity contribution in [3.05, 3.63) is 29.8 Å². The minimum absolute atomic E-state index is 0.0214. The van der Waals surface area contributed by atoms with Gasteiger partial charge in [-0.1, -0.05) is 0 Å². The van der Waals surface area contributed by atoms with E-state index < -0.39 is 29.9 Å². The molecule has 2 heterocycles. The van der Waals surface area contributed by atoms with Gasteiger partial charge in [0.1, 0.15) is 11.8 Å². The molecule has 1 aromatic carbocycles. The van der Waals surface area contributed by atoms with E-state index in [1.54, 1.807) is 12.1 Å². The van der Waals surface area contributed by atoms with Crippen LogP contribution in [0.5, 0.6) is 0 Å². The summed E-state index contributed by atoms with van der Waals surface area (Å²) in [7, 11) is 0. The number of carbonyl (C=O) groups is 4. The number of amidine groups is 1. The summed E-state index contributed by atoms with van der Waals surface area (Å²) in [6, 6.07) is 4.30. The molecule has 3 rings (SSSR count). The van der Waals surface area contributed by atoms with Gasteiger partial charge in [0, 0.05) is 17.7 Å². The number of nitrogens with two attached hydrogens (primary N) is 1. The predicted molar refractivity (Wildman–Crippen MR) is 118 cm³/mol. The number of carboxylic acids is 1. The summed E-state index contributed by atoms with van der Waals surface area (Å²) in [6.07, 6.45) is 1.56. The lowest BCUT2D eigenvalue weighted by molar-refractivity contribution is -0.139. The standard InChI is InChI=1S/C20H21N7O5/c1-10(28)2-7-14(19(31)32)25-17(29)11-3-5-12(6-4-11)22-8-13-9-23-16-15(24-13)18(30)27-20(21)26-16/h3-6,9,14-15,22H,2,7-8H2,1H3,(H,25,29)(H,31,32)(H2,21,27,30). The van der Waals surface area contributed by atoms with Crippen molar-refractivity contribution in [1.82, 2.24) is 5.32 Å². The molecule has 0 saturated carbocycles. The van der Waals surface area contributed by atoms with Crippen molar-refractivity contribution < 1.29 is 24.3 Å². The number of Topliss-reactive ketones (excluding diaryl/α,β-unsaturated/α-hetero) is 1. The van der Waals surface area contributed by atoms with Gasteiger partial charge in [-0.15, -0.1) is 0 Å². The normalized spacial score (nSPS) is 18.0. The summed E-state index contributed by atoms with van der Waals surface area (Å²) in [5.41, 5.74) is 6.88. The lowest BCUT2D eigenvalue weighted by atomic mass is 10.1. The van der Waals surface area contributed by atoms with Crippen LogP contribution >= 0.6 is 0 Å². The Kier molecular flexibility index (Phi) is 6.83. The molecule has 0 aromatic heterocycles. The van der Waals surface area contributed by atoms with Crippen molar-refractivity contribution in [3.8, 4) is 0 Å². The highest BCUT2D eigenvalue weighted by Gasteiger charge is 2.30. The zero-order valence-corrected chi connectivity index (χ0v) is 17.1. The topological polar surface area (TPSA) is 188 Å². The Balaban J connectivity index is 1.56. The molecule has 1 aromatic rings. The van der Waals surface area contributed by atoms with Crippen LogP contribution in [0.2, 0.25) is 0 Å². The average Bonchev–Trinajstić information content (AvgIpc) is 2.75. The van der Waals surface area contributed by atoms with Gasteiger partial charge in [-0.05, 0) is 37.6 Å². The highest BCUT2D eigenvalue weighted by atomic mass is 16.4. The van der Waals surface area contributed by atoms with Crippen molar-refractivity contribution in [2.24, 2.45) is 25.7 Å². The fourth-order valence-electron chi connectivity index (χ4n) is 2.91. The number of aliphatic carboxylic acids is 1. The van der Waals surface area contributed by atoms with Gasteiger partial charge in [-0.2, -0.15) is 9.98 Å². The smallest absolute Gasteiger partial charge is 0.326 e. The van der Waals surface area contributed by atoms with Crippen LogP contribution in [0.15, 0.2) is 44.2 Å². The third kappa shape index (κ3) is 5.68. The van der Waals surface area contributed by atoms with Crippen molar-refractivity contribution >= 4 is 53.0 Å². The molecule has 12 nitrogen and oxygen atoms in total. The molecule has 2 amide bonds. The van der Waals surface area contributed by atoms with Crippen LogP contribution in [-0.2, 0) is 14.4 Å². The van der Waals surface area contributed by atoms with Crippen molar-refractivity contribution in [3.63, 3.8) is 0 Å². The monoisotopic (exact) mass is 439 g/mol. The molecule has 2 atom stereocenters. The molecular formula is C20H21N7O5. The van der Waals surface area contributed by atoms with E-state index >= 15 is 0 Å². The molecule has 2 aliphatic rings. The summed E-state index contributed by atoms with van der Waals surface area (Å²) in [6.45, 7) is 1.62. The molecule has 2 unspecified atom stereocenters. The zero-order chi connectivity index (χ0) is 23.3. The number of ketones is 1. The molecule has 0 radical (unpaired) electrons. The number of hydrogen-bond donors (Lipinski definition) is 4. The first-order chi connectivity index (χ1) is 15.2. The second-order valence-electron chi connectivity index (χ2n) is 7.10. The van der Waals surface area contributed by atoms with Crippen molar-refractivity contribution in [2.75, 3.05) is 11.9 Å². The second kappa shape index (κ2) is 9.73. The number of carboxylic acid groups (broad SMARTS) is 1. The van der Waals surface area contributed by atoms with E-state index in [4.69, 9.17) is 5.73 Å². The lowest BCUT2D eigenvalue weighted by Crippen LogP contribution is -2.41. The first kappa shape index (κ1) is 22.5. The summed E-state index contributed by atoms with van der Waals surface area (Å²) in [4.78, 5) is 62.5. The molecule has 0 bridgehead atoms. The van der Waals surface area contributed by atoms with Gasteiger partial charge in [0.25, 0.3) is 11.8 Å². The third-order valence-corrected chi connectivity index (χ3v) is 4.58. The SMILES string of the molecule is CC(=O)CCC(NC(=O)c1ccc(NCC2=NC3C(=O)N=C(N)N=C3N=C2)cc1)C(=O)O. The number of nitrogens with zero attached hydrogens (tertiary/aromatic N) is 4. The van der Waals surface area contributed by atoms with E-state index in [-0.39, 0.29) is 42.5 Å². The largest absolute Gasteiger partial charge is 0.480 e. The maximum atomic E-state index is 12.3. The van der Waals surface area contributed by atoms with Crippen molar-refractivity contribution in [2.45, 2.75) is 31.8 Å². The number of guanidine groups is 1. The van der Waals surface area contributed by atoms with Crippen LogP contribution in [0.1, 0.15) is 30.1 Å². The Morgan fingerprint density at radius 3 is 2.56 bits per heavy atom. The Bertz CT molecular complexity index is 1070. The molecule has 2 aliphatic heterocycles. The van der Waals surface area contributed by atoms with Gasteiger partial charge in [0.2, 0.25) is 5.96 Å². The van der Waals surface area contributed by atoms with Crippen LogP contribution in [0.4, 0.5) is 5.69 Å². The Morgan fingerprint density at radius 2 is 1.91 bits per heavy atom. The first-order valence-electron chi connectivity index (χ1n) is 9.67. The minimum atomic E-state index is -1.20. The number of amides is 2. The minimum Gasteiger partial charge on any atom is -0.480 e. The first-order valence-corrected chi connectivity index (χ1v) is 9.67. The fourth-order valence-corrected chi connectivity index (χ4v) is 2.91. The maximum Gasteiger partial charge on any atom is 0.326 e. The van der Waals surface area contributed by atoms with E-state index in [0.717, 1.165) is 0 Å². The number of aliphatic imine (C=N–C) groups is 4. The van der Waals surface area contributed by atoms with Crippen molar-refractivity contribution in [1.29, 1.82) is 0 Å². The van der Waals surface area contributed by atoms with Gasteiger partial charge in [-0.25, -0.2) is 9.79 Å². The van der Waals surface area contributed by atoms with E-state index in [9.17, 15) is 24.3 Å². The zero-order valence-electron chi connectivity index (χ0n) is 17.1. The molecule has 0 aliphatic carbocycles. The van der Waals surface area contributed by atoms with Crippen LogP contribution in [0.3, 0.4) is 0 Å². The number of nitrogens with one attached hydrogen (secondary N) is 2. The molecule has 0 fully saturated rings. The summed E-state index contributed by atoms with van der Waals surface area (Å²) >= 11 is 0.